The van der Waals surface area contributed by atoms with Crippen molar-refractivity contribution < 1.29 is 5.11 Å². The standard InChI is InChI=1S/C2H5O.2C2H5.Al.H3P/c1-2-3;2*1-2;;/h2H2,1H3;2*1H2,2H3;;1H3/q-1;;;+1;. The molecule has 56 valence electrons. The maximum atomic E-state index is 8.93. The van der Waals surface area contributed by atoms with E-state index in [0.717, 1.165) is 15.2 Å². The third-order valence-corrected chi connectivity index (χ3v) is 1.73. The van der Waals surface area contributed by atoms with Gasteiger partial charge in [-0.2, -0.15) is 9.90 Å². The summed E-state index contributed by atoms with van der Waals surface area (Å²) < 4.78 is 0. The van der Waals surface area contributed by atoms with Crippen molar-refractivity contribution in [3.8, 4) is 0 Å². The maximum absolute atomic E-state index is 8.93. The quantitative estimate of drug-likeness (QED) is 0.441. The Kier molecular flexibility index (Phi) is 42.3. The Balaban J connectivity index is -0.0000000800. The van der Waals surface area contributed by atoms with Gasteiger partial charge in [0, 0.05) is 0 Å². The van der Waals surface area contributed by atoms with Gasteiger partial charge in [0.25, 0.3) is 0 Å². The summed E-state index contributed by atoms with van der Waals surface area (Å²) in [6.45, 7) is 6.07. The first kappa shape index (κ1) is 16.5. The second-order valence-electron chi connectivity index (χ2n) is 1.39. The average molecular weight is 164 g/mol. The largest absolute Gasteiger partial charge is 0.153 e. The molecular formula is C6H18AlOP. The van der Waals surface area contributed by atoms with Crippen LogP contribution < -0.4 is 5.11 Å². The van der Waals surface area contributed by atoms with Gasteiger partial charge in [0.05, 0.1) is 0 Å². The van der Waals surface area contributed by atoms with Crippen LogP contribution in [0.2, 0.25) is 10.6 Å². The second kappa shape index (κ2) is 23.1. The minimum atomic E-state index is 0. The van der Waals surface area contributed by atoms with E-state index in [1.807, 2.05) is 0 Å². The van der Waals surface area contributed by atoms with E-state index in [-0.39, 0.29) is 16.5 Å². The molecule has 0 heterocycles. The van der Waals surface area contributed by atoms with Crippen LogP contribution >= 0.6 is 9.90 Å². The summed E-state index contributed by atoms with van der Waals surface area (Å²) in [5.41, 5.74) is 0. The van der Waals surface area contributed by atoms with Crippen LogP contribution in [-0.2, 0) is 0 Å². The van der Waals surface area contributed by atoms with E-state index in [9.17, 15) is 0 Å². The van der Waals surface area contributed by atoms with Crippen molar-refractivity contribution in [3.05, 3.63) is 0 Å². The van der Waals surface area contributed by atoms with Gasteiger partial charge < -0.3 is 5.11 Å². The van der Waals surface area contributed by atoms with Crippen molar-refractivity contribution in [3.63, 3.8) is 0 Å². The molecular weight excluding hydrogens is 146 g/mol. The van der Waals surface area contributed by atoms with Crippen molar-refractivity contribution in [1.29, 1.82) is 0 Å². The van der Waals surface area contributed by atoms with Gasteiger partial charge >= 0.3 is 39.6 Å². The van der Waals surface area contributed by atoms with Crippen LogP contribution in [0.3, 0.4) is 0 Å². The average Bonchev–Trinajstić information content (AvgIpc) is 1.71. The molecule has 1 atom stereocenters. The Morgan fingerprint density at radius 1 is 1.11 bits per heavy atom. The maximum Gasteiger partial charge on any atom is -0.153 e. The van der Waals surface area contributed by atoms with Gasteiger partial charge in [-0.15, -0.1) is 6.61 Å². The zero-order chi connectivity index (χ0) is 6.83. The third kappa shape index (κ3) is 50.1. The number of hydrogen-bond donors (Lipinski definition) is 0. The summed E-state index contributed by atoms with van der Waals surface area (Å²) in [7, 11) is 0. The summed E-state index contributed by atoms with van der Waals surface area (Å²) in [5, 5.41) is 11.8. The van der Waals surface area contributed by atoms with E-state index in [1.165, 1.54) is 10.6 Å². The normalized spacial score (nSPS) is 5.78. The van der Waals surface area contributed by atoms with E-state index in [1.54, 1.807) is 6.92 Å². The van der Waals surface area contributed by atoms with Crippen LogP contribution in [0.25, 0.3) is 0 Å². The van der Waals surface area contributed by atoms with E-state index < -0.39 is 0 Å². The van der Waals surface area contributed by atoms with Gasteiger partial charge in [-0.05, 0) is 0 Å². The number of rotatable bonds is 2. The van der Waals surface area contributed by atoms with Gasteiger partial charge in [0.1, 0.15) is 0 Å². The summed E-state index contributed by atoms with van der Waals surface area (Å²) in [6.07, 6.45) is 0. The van der Waals surface area contributed by atoms with Crippen molar-refractivity contribution in [2.24, 2.45) is 0 Å². The van der Waals surface area contributed by atoms with Crippen LogP contribution in [0.4, 0.5) is 0 Å². The zero-order valence-electron chi connectivity index (χ0n) is 6.81. The molecule has 0 aliphatic rings. The SMILES string of the molecule is CC[O-].C[CH2][Al+][CH2]C.P. The van der Waals surface area contributed by atoms with Crippen LogP contribution in [-0.4, -0.2) is 21.8 Å². The smallest absolute Gasteiger partial charge is 0.153 e. The first-order valence-corrected chi connectivity index (χ1v) is 4.86. The number of hydrogen-bond acceptors (Lipinski definition) is 1. The van der Waals surface area contributed by atoms with Crippen molar-refractivity contribution in [2.75, 3.05) is 6.61 Å². The summed E-state index contributed by atoms with van der Waals surface area (Å²) >= 11 is 0.815. The predicted octanol–water partition coefficient (Wildman–Crippen LogP) is 0.992. The molecule has 0 aliphatic heterocycles. The molecule has 0 aromatic rings. The summed E-state index contributed by atoms with van der Waals surface area (Å²) in [4.78, 5) is 0. The van der Waals surface area contributed by atoms with Crippen LogP contribution in [0.5, 0.6) is 0 Å². The van der Waals surface area contributed by atoms with Crippen LogP contribution in [0, 0.1) is 0 Å². The molecule has 0 aromatic carbocycles. The third-order valence-electron chi connectivity index (χ3n) is 0.577. The van der Waals surface area contributed by atoms with Gasteiger partial charge in [-0.3, -0.25) is 0 Å². The molecule has 0 spiro atoms. The molecule has 0 saturated heterocycles. The van der Waals surface area contributed by atoms with Crippen molar-refractivity contribution in [2.45, 2.75) is 31.3 Å². The Labute approximate surface area is 68.6 Å². The van der Waals surface area contributed by atoms with Crippen LogP contribution in [0.15, 0.2) is 0 Å². The molecule has 1 nitrogen and oxygen atoms in total. The van der Waals surface area contributed by atoms with Gasteiger partial charge in [0.15, 0.2) is 0 Å². The molecule has 0 radical (unpaired) electrons. The minimum absolute atomic E-state index is 0. The van der Waals surface area contributed by atoms with Gasteiger partial charge in [0.2, 0.25) is 0 Å². The van der Waals surface area contributed by atoms with E-state index in [0.29, 0.717) is 0 Å². The molecule has 0 saturated carbocycles. The van der Waals surface area contributed by atoms with Crippen molar-refractivity contribution in [1.82, 2.24) is 0 Å². The molecule has 0 N–H and O–H groups in total. The van der Waals surface area contributed by atoms with Gasteiger partial charge in [-0.25, -0.2) is 0 Å². The van der Waals surface area contributed by atoms with Crippen molar-refractivity contribution >= 4 is 25.1 Å². The first-order chi connectivity index (χ1) is 3.83. The Bertz CT molecular complexity index is 27.0. The summed E-state index contributed by atoms with van der Waals surface area (Å²) in [5.74, 6) is 0. The molecule has 0 rings (SSSR count). The molecule has 1 unspecified atom stereocenters. The molecule has 0 amide bonds. The molecule has 9 heavy (non-hydrogen) atoms. The van der Waals surface area contributed by atoms with E-state index >= 15 is 0 Å². The summed E-state index contributed by atoms with van der Waals surface area (Å²) in [6, 6.07) is 0. The Hall–Kier alpha value is 0.922. The molecule has 0 fully saturated rings. The van der Waals surface area contributed by atoms with Crippen LogP contribution in [0.1, 0.15) is 20.8 Å². The van der Waals surface area contributed by atoms with Gasteiger partial charge in [-0.1, -0.05) is 6.92 Å². The molecule has 0 aromatic heterocycles. The fourth-order valence-corrected chi connectivity index (χ4v) is 0.866. The monoisotopic (exact) mass is 164 g/mol. The fraction of sp³-hybridized carbons (Fsp3) is 1.00. The van der Waals surface area contributed by atoms with E-state index in [2.05, 4.69) is 13.8 Å². The topological polar surface area (TPSA) is 23.1 Å². The molecule has 0 aliphatic carbocycles. The second-order valence-corrected chi connectivity index (χ2v) is 3.60. The first-order valence-electron chi connectivity index (χ1n) is 3.23. The fourth-order valence-electron chi connectivity index (χ4n) is 0.289. The predicted molar refractivity (Wildman–Crippen MR) is 48.4 cm³/mol. The molecule has 3 heteroatoms. The minimum Gasteiger partial charge on any atom is -0.153 e. The molecule has 0 bridgehead atoms. The zero-order valence-corrected chi connectivity index (χ0v) is 9.38. The Morgan fingerprint density at radius 2 is 1.33 bits per heavy atom. The van der Waals surface area contributed by atoms with E-state index in [4.69, 9.17) is 5.11 Å². The Morgan fingerprint density at radius 3 is 1.33 bits per heavy atom.